The van der Waals surface area contributed by atoms with Crippen LogP contribution in [-0.2, 0) is 7.05 Å². The van der Waals surface area contributed by atoms with Crippen molar-refractivity contribution < 1.29 is 8.78 Å². The second-order valence-corrected chi connectivity index (χ2v) is 6.58. The van der Waals surface area contributed by atoms with Gasteiger partial charge in [0.2, 0.25) is 5.95 Å². The van der Waals surface area contributed by atoms with E-state index in [1.165, 1.54) is 29.0 Å². The summed E-state index contributed by atoms with van der Waals surface area (Å²) in [5.41, 5.74) is 2.96. The van der Waals surface area contributed by atoms with E-state index in [-0.39, 0.29) is 17.2 Å². The summed E-state index contributed by atoms with van der Waals surface area (Å²) >= 11 is 0. The van der Waals surface area contributed by atoms with Crippen molar-refractivity contribution in [3.63, 3.8) is 0 Å². The highest BCUT2D eigenvalue weighted by molar-refractivity contribution is 6.04. The summed E-state index contributed by atoms with van der Waals surface area (Å²) in [5, 5.41) is 0.628. The molecule has 3 aromatic heterocycles. The van der Waals surface area contributed by atoms with Crippen LogP contribution in [0.15, 0.2) is 35.3 Å². The van der Waals surface area contributed by atoms with E-state index in [4.69, 9.17) is 0 Å². The number of rotatable bonds is 2. The molecular formula is C19H16F2N4O. The first-order valence-electron chi connectivity index (χ1n) is 8.20. The van der Waals surface area contributed by atoms with Gasteiger partial charge >= 0.3 is 5.69 Å². The van der Waals surface area contributed by atoms with Gasteiger partial charge in [-0.05, 0) is 24.1 Å². The van der Waals surface area contributed by atoms with Crippen molar-refractivity contribution in [3.05, 3.63) is 58.4 Å². The van der Waals surface area contributed by atoms with Crippen LogP contribution in [0.3, 0.4) is 0 Å². The van der Waals surface area contributed by atoms with Gasteiger partial charge < -0.3 is 4.98 Å². The van der Waals surface area contributed by atoms with Gasteiger partial charge in [0.05, 0.1) is 22.2 Å². The highest BCUT2D eigenvalue weighted by Gasteiger charge is 2.18. The first-order valence-corrected chi connectivity index (χ1v) is 8.20. The number of fused-ring (bicyclic) bond motifs is 3. The van der Waals surface area contributed by atoms with Crippen LogP contribution in [0.2, 0.25) is 0 Å². The maximum Gasteiger partial charge on any atom is 0.326 e. The molecule has 1 aromatic carbocycles. The number of hydrogen-bond donors (Lipinski definition) is 1. The number of hydrogen-bond acceptors (Lipinski definition) is 3. The molecule has 0 saturated carbocycles. The molecule has 0 radical (unpaired) electrons. The van der Waals surface area contributed by atoms with Crippen molar-refractivity contribution in [3.8, 4) is 11.1 Å². The summed E-state index contributed by atoms with van der Waals surface area (Å²) in [4.78, 5) is 23.2. The van der Waals surface area contributed by atoms with Crippen molar-refractivity contribution in [1.82, 2.24) is 19.5 Å². The number of nitrogens with zero attached hydrogens (tertiary/aromatic N) is 3. The highest BCUT2D eigenvalue weighted by Crippen LogP contribution is 2.32. The Kier molecular flexibility index (Phi) is 3.61. The average Bonchev–Trinajstić information content (AvgIpc) is 2.90. The van der Waals surface area contributed by atoms with Gasteiger partial charge in [-0.15, -0.1) is 0 Å². The van der Waals surface area contributed by atoms with Crippen molar-refractivity contribution >= 4 is 21.9 Å². The molecule has 0 saturated heterocycles. The molecule has 4 aromatic rings. The van der Waals surface area contributed by atoms with Gasteiger partial charge in [0.15, 0.2) is 0 Å². The van der Waals surface area contributed by atoms with Gasteiger partial charge in [-0.3, -0.25) is 9.55 Å². The van der Waals surface area contributed by atoms with E-state index in [0.717, 1.165) is 5.69 Å². The SMILES string of the molecule is CC(C)c1nc2cc(F)c(-c3ccc(F)nc3)cc2c2[nH]c(=O)n(C)c12. The molecular weight excluding hydrogens is 338 g/mol. The maximum atomic E-state index is 14.7. The lowest BCUT2D eigenvalue weighted by molar-refractivity contribution is 0.583. The molecule has 3 heterocycles. The first kappa shape index (κ1) is 16.4. The number of imidazole rings is 1. The lowest BCUT2D eigenvalue weighted by Gasteiger charge is -2.12. The molecule has 132 valence electrons. The molecule has 0 atom stereocenters. The van der Waals surface area contributed by atoms with Gasteiger partial charge in [0.25, 0.3) is 0 Å². The van der Waals surface area contributed by atoms with Crippen molar-refractivity contribution in [1.29, 1.82) is 0 Å². The highest BCUT2D eigenvalue weighted by atomic mass is 19.1. The van der Waals surface area contributed by atoms with Gasteiger partial charge in [0.1, 0.15) is 5.82 Å². The van der Waals surface area contributed by atoms with Crippen LogP contribution >= 0.6 is 0 Å². The van der Waals surface area contributed by atoms with Crippen LogP contribution in [0.5, 0.6) is 0 Å². The summed E-state index contributed by atoms with van der Waals surface area (Å²) in [6.45, 7) is 3.94. The third-order valence-electron chi connectivity index (χ3n) is 4.53. The topological polar surface area (TPSA) is 63.6 Å². The average molecular weight is 354 g/mol. The lowest BCUT2D eigenvalue weighted by atomic mass is 10.0. The van der Waals surface area contributed by atoms with Crippen LogP contribution in [0, 0.1) is 11.8 Å². The number of nitrogens with one attached hydrogen (secondary N) is 1. The Hall–Kier alpha value is -3.09. The van der Waals surface area contributed by atoms with Crippen LogP contribution in [0.1, 0.15) is 25.5 Å². The number of halogens is 2. The number of aryl methyl sites for hydroxylation is 1. The Labute approximate surface area is 147 Å². The second kappa shape index (κ2) is 5.72. The number of pyridine rings is 2. The van der Waals surface area contributed by atoms with E-state index >= 15 is 0 Å². The zero-order valence-corrected chi connectivity index (χ0v) is 14.5. The van der Waals surface area contributed by atoms with E-state index in [2.05, 4.69) is 15.0 Å². The molecule has 0 bridgehead atoms. The Morgan fingerprint density at radius 1 is 1.19 bits per heavy atom. The fourth-order valence-corrected chi connectivity index (χ4v) is 3.21. The zero-order chi connectivity index (χ0) is 18.6. The summed E-state index contributed by atoms with van der Waals surface area (Å²) in [6, 6.07) is 5.60. The fraction of sp³-hybridized carbons (Fsp3) is 0.211. The largest absolute Gasteiger partial charge is 0.326 e. The summed E-state index contributed by atoms with van der Waals surface area (Å²) in [6.07, 6.45) is 1.28. The normalized spacial score (nSPS) is 11.8. The molecule has 0 spiro atoms. The molecule has 0 aliphatic carbocycles. The summed E-state index contributed by atoms with van der Waals surface area (Å²) in [5.74, 6) is -1.05. The van der Waals surface area contributed by atoms with Crippen LogP contribution in [0.25, 0.3) is 33.1 Å². The minimum atomic E-state index is -0.632. The third-order valence-corrected chi connectivity index (χ3v) is 4.53. The Morgan fingerprint density at radius 2 is 1.96 bits per heavy atom. The summed E-state index contributed by atoms with van der Waals surface area (Å²) in [7, 11) is 1.68. The maximum absolute atomic E-state index is 14.7. The fourth-order valence-electron chi connectivity index (χ4n) is 3.21. The van der Waals surface area contributed by atoms with E-state index in [1.807, 2.05) is 13.8 Å². The number of H-pyrrole nitrogens is 1. The van der Waals surface area contributed by atoms with E-state index in [9.17, 15) is 13.6 Å². The molecule has 0 aliphatic rings. The van der Waals surface area contributed by atoms with Gasteiger partial charge in [0, 0.05) is 35.8 Å². The van der Waals surface area contributed by atoms with E-state index in [0.29, 0.717) is 27.5 Å². The van der Waals surface area contributed by atoms with Crippen LogP contribution in [0.4, 0.5) is 8.78 Å². The molecule has 0 aliphatic heterocycles. The minimum Gasteiger partial charge on any atom is -0.305 e. The van der Waals surface area contributed by atoms with Gasteiger partial charge in [-0.2, -0.15) is 4.39 Å². The molecule has 26 heavy (non-hydrogen) atoms. The van der Waals surface area contributed by atoms with Gasteiger partial charge in [-0.1, -0.05) is 13.8 Å². The standard InChI is InChI=1S/C19H16F2N4O/c1-9(2)16-18-17(24-19(26)25(18)3)12-6-11(13(20)7-14(12)23-16)10-4-5-15(21)22-8-10/h4-9H,1-3H3,(H,24,26). The zero-order valence-electron chi connectivity index (χ0n) is 14.5. The van der Waals surface area contributed by atoms with Crippen molar-refractivity contribution in [2.45, 2.75) is 19.8 Å². The van der Waals surface area contributed by atoms with Crippen molar-refractivity contribution in [2.24, 2.45) is 7.05 Å². The Morgan fingerprint density at radius 3 is 2.62 bits per heavy atom. The monoisotopic (exact) mass is 354 g/mol. The number of aromatic amines is 1. The summed E-state index contributed by atoms with van der Waals surface area (Å²) < 4.78 is 29.3. The lowest BCUT2D eigenvalue weighted by Crippen LogP contribution is -2.13. The van der Waals surface area contributed by atoms with Crippen molar-refractivity contribution in [2.75, 3.05) is 0 Å². The van der Waals surface area contributed by atoms with Gasteiger partial charge in [-0.25, -0.2) is 14.2 Å². The Balaban J connectivity index is 2.11. The van der Waals surface area contributed by atoms with Crippen LogP contribution in [-0.4, -0.2) is 19.5 Å². The first-order chi connectivity index (χ1) is 12.4. The predicted octanol–water partition coefficient (Wildman–Crippen LogP) is 3.88. The quantitative estimate of drug-likeness (QED) is 0.556. The molecule has 5 nitrogen and oxygen atoms in total. The van der Waals surface area contributed by atoms with E-state index in [1.54, 1.807) is 13.1 Å². The molecule has 0 unspecified atom stereocenters. The third kappa shape index (κ3) is 2.39. The molecule has 1 N–H and O–H groups in total. The molecule has 0 amide bonds. The Bertz CT molecular complexity index is 1210. The molecule has 4 rings (SSSR count). The minimum absolute atomic E-state index is 0.0623. The number of benzene rings is 1. The smallest absolute Gasteiger partial charge is 0.305 e. The van der Waals surface area contributed by atoms with E-state index < -0.39 is 11.8 Å². The number of aromatic nitrogens is 4. The predicted molar refractivity (Wildman–Crippen MR) is 96.1 cm³/mol. The molecule has 7 heteroatoms. The van der Waals surface area contributed by atoms with Crippen LogP contribution < -0.4 is 5.69 Å². The molecule has 0 fully saturated rings. The second-order valence-electron chi connectivity index (χ2n) is 6.58.